The van der Waals surface area contributed by atoms with Gasteiger partial charge in [0.2, 0.25) is 5.91 Å². The summed E-state index contributed by atoms with van der Waals surface area (Å²) < 4.78 is 5.57. The Bertz CT molecular complexity index is 1510. The molecule has 42 heavy (non-hydrogen) atoms. The molecule has 0 saturated carbocycles. The molecule has 4 aromatic rings. The van der Waals surface area contributed by atoms with Crippen LogP contribution in [0.2, 0.25) is 0 Å². The van der Waals surface area contributed by atoms with Gasteiger partial charge in [-0.15, -0.1) is 0 Å². The first-order valence-corrected chi connectivity index (χ1v) is 14.2. The Morgan fingerprint density at radius 2 is 1.43 bits per heavy atom. The predicted octanol–water partition coefficient (Wildman–Crippen LogP) is 5.65. The smallest absolute Gasteiger partial charge is 0.253 e. The van der Waals surface area contributed by atoms with Gasteiger partial charge in [-0.05, 0) is 54.0 Å². The molecule has 0 radical (unpaired) electrons. The summed E-state index contributed by atoms with van der Waals surface area (Å²) in [4.78, 5) is 30.7. The number of carbonyl (C=O) groups excluding carboxylic acids is 2. The second-order valence-corrected chi connectivity index (χ2v) is 10.1. The van der Waals surface area contributed by atoms with E-state index in [1.807, 2.05) is 78.9 Å². The van der Waals surface area contributed by atoms with E-state index in [2.05, 4.69) is 38.6 Å². The van der Waals surface area contributed by atoms with Gasteiger partial charge >= 0.3 is 0 Å². The Morgan fingerprint density at radius 3 is 2.14 bits per heavy atom. The summed E-state index contributed by atoms with van der Waals surface area (Å²) in [7, 11) is 1.69. The van der Waals surface area contributed by atoms with Crippen LogP contribution in [0.25, 0.3) is 6.08 Å². The van der Waals surface area contributed by atoms with Gasteiger partial charge in [0.15, 0.2) is 0 Å². The standard InChI is InChI=1S/C35H36N4O3/c1-42-33-15-9-8-14-32(33)39-24-22-38(23-25-39)31-18-17-29(37-34(40)19-16-27-10-4-2-5-11-27)26-30(31)35(41)36-21-20-28-12-6-3-7-13-28/h2-19,26H,20-25H2,1H3,(H,36,41)(H,37,40)/b19-16+. The zero-order valence-corrected chi connectivity index (χ0v) is 23.8. The van der Waals surface area contributed by atoms with Crippen LogP contribution in [0.1, 0.15) is 21.5 Å². The van der Waals surface area contributed by atoms with E-state index in [1.165, 1.54) is 6.08 Å². The molecule has 0 spiro atoms. The molecule has 0 aliphatic carbocycles. The number of amides is 2. The SMILES string of the molecule is COc1ccccc1N1CCN(c2ccc(NC(=O)/C=C/c3ccccc3)cc2C(=O)NCCc2ccccc2)CC1. The molecule has 5 rings (SSSR count). The Morgan fingerprint density at radius 1 is 0.786 bits per heavy atom. The van der Waals surface area contributed by atoms with Crippen LogP contribution >= 0.6 is 0 Å². The summed E-state index contributed by atoms with van der Waals surface area (Å²) in [6, 6.07) is 33.3. The minimum Gasteiger partial charge on any atom is -0.495 e. The van der Waals surface area contributed by atoms with Crippen LogP contribution < -0.4 is 25.2 Å². The fourth-order valence-electron chi connectivity index (χ4n) is 5.13. The zero-order chi connectivity index (χ0) is 29.1. The second kappa shape index (κ2) is 14.0. The molecule has 2 N–H and O–H groups in total. The predicted molar refractivity (Wildman–Crippen MR) is 170 cm³/mol. The number of hydrogen-bond donors (Lipinski definition) is 2. The normalized spacial score (nSPS) is 13.2. The number of anilines is 3. The van der Waals surface area contributed by atoms with Gasteiger partial charge in [0.1, 0.15) is 5.75 Å². The van der Waals surface area contributed by atoms with Gasteiger partial charge in [-0.25, -0.2) is 0 Å². The molecule has 1 heterocycles. The first kappa shape index (κ1) is 28.5. The number of ether oxygens (including phenoxy) is 1. The van der Waals surface area contributed by atoms with Gasteiger partial charge in [0.05, 0.1) is 18.4 Å². The van der Waals surface area contributed by atoms with Crippen molar-refractivity contribution in [3.63, 3.8) is 0 Å². The molecule has 1 aliphatic rings. The fourth-order valence-corrected chi connectivity index (χ4v) is 5.13. The van der Waals surface area contributed by atoms with E-state index in [1.54, 1.807) is 19.3 Å². The molecular weight excluding hydrogens is 524 g/mol. The Labute approximate surface area is 247 Å². The lowest BCUT2D eigenvalue weighted by Crippen LogP contribution is -2.47. The number of para-hydroxylation sites is 2. The van der Waals surface area contributed by atoms with Gasteiger partial charge in [-0.3, -0.25) is 9.59 Å². The van der Waals surface area contributed by atoms with Gasteiger partial charge in [0.25, 0.3) is 5.91 Å². The van der Waals surface area contributed by atoms with Crippen LogP contribution in [-0.2, 0) is 11.2 Å². The topological polar surface area (TPSA) is 73.9 Å². The first-order valence-electron chi connectivity index (χ1n) is 14.2. The molecule has 4 aromatic carbocycles. The van der Waals surface area contributed by atoms with Gasteiger partial charge < -0.3 is 25.2 Å². The average Bonchev–Trinajstić information content (AvgIpc) is 3.05. The van der Waals surface area contributed by atoms with Crippen molar-refractivity contribution in [3.05, 3.63) is 126 Å². The van der Waals surface area contributed by atoms with Crippen LogP contribution in [0.4, 0.5) is 17.1 Å². The molecule has 0 atom stereocenters. The van der Waals surface area contributed by atoms with Crippen LogP contribution in [0, 0.1) is 0 Å². The monoisotopic (exact) mass is 560 g/mol. The fraction of sp³-hybridized carbons (Fsp3) is 0.200. The average molecular weight is 561 g/mol. The molecule has 1 fully saturated rings. The molecule has 1 aliphatic heterocycles. The lowest BCUT2D eigenvalue weighted by Gasteiger charge is -2.38. The van der Waals surface area contributed by atoms with Crippen molar-refractivity contribution in [2.75, 3.05) is 55.0 Å². The number of nitrogens with one attached hydrogen (secondary N) is 2. The van der Waals surface area contributed by atoms with E-state index < -0.39 is 0 Å². The van der Waals surface area contributed by atoms with Crippen LogP contribution in [-0.4, -0.2) is 51.6 Å². The van der Waals surface area contributed by atoms with Crippen molar-refractivity contribution in [1.82, 2.24) is 5.32 Å². The van der Waals surface area contributed by atoms with E-state index >= 15 is 0 Å². The van der Waals surface area contributed by atoms with E-state index in [4.69, 9.17) is 4.74 Å². The lowest BCUT2D eigenvalue weighted by molar-refractivity contribution is -0.111. The first-order chi connectivity index (χ1) is 20.6. The van der Waals surface area contributed by atoms with E-state index in [-0.39, 0.29) is 11.8 Å². The molecule has 0 unspecified atom stereocenters. The van der Waals surface area contributed by atoms with Crippen molar-refractivity contribution in [1.29, 1.82) is 0 Å². The third-order valence-corrected chi connectivity index (χ3v) is 7.32. The second-order valence-electron chi connectivity index (χ2n) is 10.1. The van der Waals surface area contributed by atoms with E-state index in [9.17, 15) is 9.59 Å². The quantitative estimate of drug-likeness (QED) is 0.246. The zero-order valence-electron chi connectivity index (χ0n) is 23.8. The summed E-state index contributed by atoms with van der Waals surface area (Å²) in [5.41, 5.74) is 5.14. The third-order valence-electron chi connectivity index (χ3n) is 7.32. The number of methoxy groups -OCH3 is 1. The minimum atomic E-state index is -0.257. The van der Waals surface area contributed by atoms with E-state index in [0.717, 1.165) is 60.9 Å². The maximum Gasteiger partial charge on any atom is 0.253 e. The van der Waals surface area contributed by atoms with Crippen molar-refractivity contribution >= 4 is 35.0 Å². The highest BCUT2D eigenvalue weighted by Crippen LogP contribution is 2.31. The van der Waals surface area contributed by atoms with E-state index in [0.29, 0.717) is 17.8 Å². The van der Waals surface area contributed by atoms with Crippen molar-refractivity contribution in [3.8, 4) is 5.75 Å². The van der Waals surface area contributed by atoms with Crippen LogP contribution in [0.5, 0.6) is 5.75 Å². The summed E-state index contributed by atoms with van der Waals surface area (Å²) in [6.45, 7) is 3.58. The maximum atomic E-state index is 13.5. The molecule has 0 aromatic heterocycles. The van der Waals surface area contributed by atoms with Gasteiger partial charge in [0, 0.05) is 50.2 Å². The molecule has 7 heteroatoms. The molecular formula is C35H36N4O3. The molecule has 1 saturated heterocycles. The summed E-state index contributed by atoms with van der Waals surface area (Å²) in [5, 5.41) is 6.00. The number of rotatable bonds is 10. The van der Waals surface area contributed by atoms with Crippen molar-refractivity contribution in [2.45, 2.75) is 6.42 Å². The van der Waals surface area contributed by atoms with Gasteiger partial charge in [-0.1, -0.05) is 72.8 Å². The maximum absolute atomic E-state index is 13.5. The lowest BCUT2D eigenvalue weighted by atomic mass is 10.1. The highest BCUT2D eigenvalue weighted by molar-refractivity contribution is 6.05. The number of carbonyl (C=O) groups is 2. The third kappa shape index (κ3) is 7.37. The number of hydrogen-bond acceptors (Lipinski definition) is 5. The number of benzene rings is 4. The summed E-state index contributed by atoms with van der Waals surface area (Å²) >= 11 is 0. The highest BCUT2D eigenvalue weighted by atomic mass is 16.5. The molecule has 7 nitrogen and oxygen atoms in total. The largest absolute Gasteiger partial charge is 0.495 e. The van der Waals surface area contributed by atoms with Crippen molar-refractivity contribution in [2.24, 2.45) is 0 Å². The van der Waals surface area contributed by atoms with Gasteiger partial charge in [-0.2, -0.15) is 0 Å². The number of nitrogens with zero attached hydrogens (tertiary/aromatic N) is 2. The Kier molecular flexibility index (Phi) is 9.52. The Balaban J connectivity index is 1.31. The highest BCUT2D eigenvalue weighted by Gasteiger charge is 2.23. The summed E-state index contributed by atoms with van der Waals surface area (Å²) in [5.74, 6) is 0.433. The molecule has 214 valence electrons. The van der Waals surface area contributed by atoms with Crippen molar-refractivity contribution < 1.29 is 14.3 Å². The molecule has 0 bridgehead atoms. The van der Waals surface area contributed by atoms with Crippen LogP contribution in [0.15, 0.2) is 109 Å². The van der Waals surface area contributed by atoms with Crippen LogP contribution in [0.3, 0.4) is 0 Å². The molecule has 2 amide bonds. The minimum absolute atomic E-state index is 0.163. The number of piperazine rings is 1. The Hall–Kier alpha value is -5.04. The summed E-state index contributed by atoms with van der Waals surface area (Å²) in [6.07, 6.45) is 4.00.